The fraction of sp³-hybridized carbons (Fsp3) is 0.450. The highest BCUT2D eigenvalue weighted by Gasteiger charge is 2.28. The summed E-state index contributed by atoms with van der Waals surface area (Å²) in [6.45, 7) is 2.97. The van der Waals surface area contributed by atoms with Crippen LogP contribution >= 0.6 is 0 Å². The molecule has 0 spiro atoms. The van der Waals surface area contributed by atoms with Gasteiger partial charge in [-0.25, -0.2) is 0 Å². The molecule has 0 N–H and O–H groups in total. The number of para-hydroxylation sites is 1. The van der Waals surface area contributed by atoms with Gasteiger partial charge >= 0.3 is 0 Å². The average molecular weight is 341 g/mol. The zero-order valence-electron chi connectivity index (χ0n) is 15.1. The molecule has 1 saturated heterocycles. The van der Waals surface area contributed by atoms with Crippen molar-refractivity contribution in [1.29, 1.82) is 0 Å². The topological polar surface area (TPSA) is 39.9 Å². The van der Waals surface area contributed by atoms with E-state index in [1.165, 1.54) is 0 Å². The zero-order chi connectivity index (χ0) is 17.6. The number of nitrogens with zero attached hydrogens (tertiary/aromatic N) is 3. The molecular formula is C20H27N3O2. The molecule has 0 unspecified atom stereocenters. The van der Waals surface area contributed by atoms with Crippen molar-refractivity contribution in [2.75, 3.05) is 38.6 Å². The third kappa shape index (κ3) is 4.63. The number of hydrogen-bond acceptors (Lipinski definition) is 4. The number of rotatable bonds is 6. The minimum atomic E-state index is 0.150. The van der Waals surface area contributed by atoms with Gasteiger partial charge in [0, 0.05) is 18.8 Å². The summed E-state index contributed by atoms with van der Waals surface area (Å²) < 4.78 is 5.50. The van der Waals surface area contributed by atoms with Crippen molar-refractivity contribution < 1.29 is 9.21 Å². The molecule has 0 saturated carbocycles. The van der Waals surface area contributed by atoms with E-state index >= 15 is 0 Å². The molecule has 25 heavy (non-hydrogen) atoms. The molecule has 3 rings (SSSR count). The van der Waals surface area contributed by atoms with E-state index in [1.54, 1.807) is 6.26 Å². The minimum absolute atomic E-state index is 0.150. The van der Waals surface area contributed by atoms with Gasteiger partial charge in [-0.3, -0.25) is 4.79 Å². The second-order valence-corrected chi connectivity index (χ2v) is 6.83. The Hall–Kier alpha value is -2.27. The molecular weight excluding hydrogens is 314 g/mol. The van der Waals surface area contributed by atoms with Crippen LogP contribution in [-0.2, 0) is 11.3 Å². The molecule has 1 aliphatic heterocycles. The maximum Gasteiger partial charge on any atom is 0.242 e. The lowest BCUT2D eigenvalue weighted by atomic mass is 10.0. The van der Waals surface area contributed by atoms with Crippen LogP contribution in [0.4, 0.5) is 5.69 Å². The average Bonchev–Trinajstić information content (AvgIpc) is 3.14. The van der Waals surface area contributed by atoms with Crippen LogP contribution in [0.2, 0.25) is 0 Å². The first-order valence-electron chi connectivity index (χ1n) is 8.90. The molecule has 5 heteroatoms. The molecule has 0 aliphatic carbocycles. The van der Waals surface area contributed by atoms with Gasteiger partial charge in [-0.2, -0.15) is 0 Å². The number of carbonyl (C=O) groups is 1. The SMILES string of the molecule is CN1CCC(N(Cc2ccco2)C(=O)CN(C)c2ccccc2)CC1. The van der Waals surface area contributed by atoms with E-state index in [0.29, 0.717) is 13.1 Å². The van der Waals surface area contributed by atoms with Crippen LogP contribution in [0.25, 0.3) is 0 Å². The van der Waals surface area contributed by atoms with Gasteiger partial charge in [0.05, 0.1) is 19.4 Å². The molecule has 1 aromatic carbocycles. The molecule has 1 aromatic heterocycles. The number of likely N-dealkylation sites (N-methyl/N-ethyl adjacent to an activating group) is 1. The Bertz CT molecular complexity index is 649. The monoisotopic (exact) mass is 341 g/mol. The lowest BCUT2D eigenvalue weighted by Crippen LogP contribution is -2.48. The first-order valence-corrected chi connectivity index (χ1v) is 8.90. The van der Waals surface area contributed by atoms with Crippen molar-refractivity contribution in [2.24, 2.45) is 0 Å². The molecule has 134 valence electrons. The van der Waals surface area contributed by atoms with E-state index in [0.717, 1.165) is 37.4 Å². The Morgan fingerprint density at radius 1 is 1.16 bits per heavy atom. The standard InChI is InChI=1S/C20H27N3O2/c1-21-12-10-18(11-13-21)23(15-19-9-6-14-25-19)20(24)16-22(2)17-7-4-3-5-8-17/h3-9,14,18H,10-13,15-16H2,1-2H3. The molecule has 1 amide bonds. The highest BCUT2D eigenvalue weighted by molar-refractivity contribution is 5.81. The van der Waals surface area contributed by atoms with Crippen LogP contribution in [0, 0.1) is 0 Å². The Kier molecular flexibility index (Phi) is 5.76. The highest BCUT2D eigenvalue weighted by atomic mass is 16.3. The van der Waals surface area contributed by atoms with Crippen molar-refractivity contribution in [3.63, 3.8) is 0 Å². The van der Waals surface area contributed by atoms with E-state index in [2.05, 4.69) is 11.9 Å². The number of benzene rings is 1. The van der Waals surface area contributed by atoms with Gasteiger partial charge in [-0.15, -0.1) is 0 Å². The van der Waals surface area contributed by atoms with Crippen molar-refractivity contribution in [3.05, 3.63) is 54.5 Å². The summed E-state index contributed by atoms with van der Waals surface area (Å²) in [5, 5.41) is 0. The van der Waals surface area contributed by atoms with Gasteiger partial charge in [0.2, 0.25) is 5.91 Å². The predicted molar refractivity (Wildman–Crippen MR) is 99.5 cm³/mol. The van der Waals surface area contributed by atoms with Crippen LogP contribution < -0.4 is 4.90 Å². The number of hydrogen-bond donors (Lipinski definition) is 0. The van der Waals surface area contributed by atoms with E-state index in [4.69, 9.17) is 4.42 Å². The number of piperidine rings is 1. The number of likely N-dealkylation sites (tertiary alicyclic amines) is 1. The van der Waals surface area contributed by atoms with Crippen LogP contribution in [0.5, 0.6) is 0 Å². The molecule has 5 nitrogen and oxygen atoms in total. The summed E-state index contributed by atoms with van der Waals surface area (Å²) in [4.78, 5) is 19.4. The fourth-order valence-electron chi connectivity index (χ4n) is 3.37. The summed E-state index contributed by atoms with van der Waals surface area (Å²) in [7, 11) is 4.10. The first kappa shape index (κ1) is 17.5. The quantitative estimate of drug-likeness (QED) is 0.810. The maximum atomic E-state index is 13.1. The molecule has 2 heterocycles. The second kappa shape index (κ2) is 8.21. The van der Waals surface area contributed by atoms with Crippen molar-refractivity contribution in [3.8, 4) is 0 Å². The van der Waals surface area contributed by atoms with Crippen molar-refractivity contribution >= 4 is 11.6 Å². The van der Waals surface area contributed by atoms with Crippen molar-refractivity contribution in [2.45, 2.75) is 25.4 Å². The summed E-state index contributed by atoms with van der Waals surface area (Å²) in [5.74, 6) is 0.993. The highest BCUT2D eigenvalue weighted by Crippen LogP contribution is 2.20. The predicted octanol–water partition coefficient (Wildman–Crippen LogP) is 2.84. The molecule has 0 atom stereocenters. The van der Waals surface area contributed by atoms with Gasteiger partial charge < -0.3 is 19.1 Å². The fourth-order valence-corrected chi connectivity index (χ4v) is 3.37. The van der Waals surface area contributed by atoms with E-state index in [-0.39, 0.29) is 11.9 Å². The van der Waals surface area contributed by atoms with Crippen LogP contribution in [0.1, 0.15) is 18.6 Å². The number of furan rings is 1. The van der Waals surface area contributed by atoms with Crippen LogP contribution in [-0.4, -0.2) is 55.5 Å². The Balaban J connectivity index is 1.70. The summed E-state index contributed by atoms with van der Waals surface area (Å²) >= 11 is 0. The van der Waals surface area contributed by atoms with Gasteiger partial charge in [0.1, 0.15) is 5.76 Å². The smallest absolute Gasteiger partial charge is 0.242 e. The summed E-state index contributed by atoms with van der Waals surface area (Å²) in [6.07, 6.45) is 3.69. The lowest BCUT2D eigenvalue weighted by Gasteiger charge is -2.37. The Labute approximate surface area is 149 Å². The third-order valence-electron chi connectivity index (χ3n) is 4.92. The first-order chi connectivity index (χ1) is 12.1. The molecule has 1 aliphatic rings. The maximum absolute atomic E-state index is 13.1. The minimum Gasteiger partial charge on any atom is -0.467 e. The number of anilines is 1. The molecule has 1 fully saturated rings. The van der Waals surface area contributed by atoms with Crippen LogP contribution in [0.15, 0.2) is 53.1 Å². The number of carbonyl (C=O) groups excluding carboxylic acids is 1. The van der Waals surface area contributed by atoms with Gasteiger partial charge in [-0.1, -0.05) is 18.2 Å². The largest absolute Gasteiger partial charge is 0.467 e. The van der Waals surface area contributed by atoms with Crippen molar-refractivity contribution in [1.82, 2.24) is 9.80 Å². The molecule has 0 radical (unpaired) electrons. The normalized spacial score (nSPS) is 15.9. The van der Waals surface area contributed by atoms with Crippen LogP contribution in [0.3, 0.4) is 0 Å². The van der Waals surface area contributed by atoms with E-state index < -0.39 is 0 Å². The van der Waals surface area contributed by atoms with Gasteiger partial charge in [0.15, 0.2) is 0 Å². The molecule has 2 aromatic rings. The Morgan fingerprint density at radius 2 is 1.88 bits per heavy atom. The van der Waals surface area contributed by atoms with E-state index in [1.807, 2.05) is 59.3 Å². The van der Waals surface area contributed by atoms with E-state index in [9.17, 15) is 4.79 Å². The number of amides is 1. The summed E-state index contributed by atoms with van der Waals surface area (Å²) in [5.41, 5.74) is 1.05. The lowest BCUT2D eigenvalue weighted by molar-refractivity contribution is -0.134. The van der Waals surface area contributed by atoms with Gasteiger partial charge in [-0.05, 0) is 57.2 Å². The zero-order valence-corrected chi connectivity index (χ0v) is 15.1. The van der Waals surface area contributed by atoms with Gasteiger partial charge in [0.25, 0.3) is 0 Å². The molecule has 0 bridgehead atoms. The Morgan fingerprint density at radius 3 is 2.52 bits per heavy atom. The third-order valence-corrected chi connectivity index (χ3v) is 4.92. The second-order valence-electron chi connectivity index (χ2n) is 6.83. The summed E-state index contributed by atoms with van der Waals surface area (Å²) in [6, 6.07) is 14.1.